The molecule has 0 aliphatic heterocycles. The monoisotopic (exact) mass is 213 g/mol. The summed E-state index contributed by atoms with van der Waals surface area (Å²) >= 11 is 1.64. The predicted molar refractivity (Wildman–Crippen MR) is 65.9 cm³/mol. The van der Waals surface area contributed by atoms with Gasteiger partial charge >= 0.3 is 0 Å². The highest BCUT2D eigenvalue weighted by molar-refractivity contribution is 8.01. The number of nitrogens with zero attached hydrogens (tertiary/aromatic N) is 1. The molecule has 0 aromatic carbocycles. The van der Waals surface area contributed by atoms with Crippen LogP contribution in [0.2, 0.25) is 0 Å². The van der Waals surface area contributed by atoms with E-state index in [0.717, 1.165) is 18.7 Å². The zero-order valence-corrected chi connectivity index (χ0v) is 9.85. The van der Waals surface area contributed by atoms with Gasteiger partial charge in [0.2, 0.25) is 0 Å². The standard InChI is InChI=1S/C11H19NOS/c1-5-7-10(8-13-6-2)11(12-3)9-14-4/h5,9-10H,1,3,6-8H2,2,4H3/b11-9-. The van der Waals surface area contributed by atoms with Crippen molar-refractivity contribution in [1.29, 1.82) is 0 Å². The van der Waals surface area contributed by atoms with Crippen LogP contribution in [0, 0.1) is 5.92 Å². The molecule has 0 heterocycles. The molecule has 2 nitrogen and oxygen atoms in total. The average molecular weight is 213 g/mol. The summed E-state index contributed by atoms with van der Waals surface area (Å²) in [6.45, 7) is 10.7. The Morgan fingerprint density at radius 1 is 1.64 bits per heavy atom. The predicted octanol–water partition coefficient (Wildman–Crippen LogP) is 3.12. The van der Waals surface area contributed by atoms with Gasteiger partial charge < -0.3 is 4.74 Å². The third-order valence-electron chi connectivity index (χ3n) is 1.81. The summed E-state index contributed by atoms with van der Waals surface area (Å²) in [6.07, 6.45) is 4.78. The lowest BCUT2D eigenvalue weighted by Crippen LogP contribution is -2.10. The van der Waals surface area contributed by atoms with Gasteiger partial charge in [0.1, 0.15) is 0 Å². The molecular weight excluding hydrogens is 194 g/mol. The Bertz CT molecular complexity index is 201. The zero-order valence-electron chi connectivity index (χ0n) is 9.03. The molecule has 80 valence electrons. The van der Waals surface area contributed by atoms with Crippen LogP contribution in [-0.2, 0) is 4.74 Å². The van der Waals surface area contributed by atoms with E-state index in [2.05, 4.69) is 18.3 Å². The fourth-order valence-electron chi connectivity index (χ4n) is 1.12. The Hall–Kier alpha value is -0.540. The summed E-state index contributed by atoms with van der Waals surface area (Å²) in [5.74, 6) is 0.289. The zero-order chi connectivity index (χ0) is 10.8. The fraction of sp³-hybridized carbons (Fsp3) is 0.545. The van der Waals surface area contributed by atoms with E-state index in [0.29, 0.717) is 6.61 Å². The number of aliphatic imine (C=N–C) groups is 1. The molecule has 0 rings (SSSR count). The topological polar surface area (TPSA) is 21.6 Å². The molecule has 0 aliphatic carbocycles. The lowest BCUT2D eigenvalue weighted by Gasteiger charge is -2.14. The molecule has 1 unspecified atom stereocenters. The molecule has 0 spiro atoms. The van der Waals surface area contributed by atoms with Gasteiger partial charge in [-0.15, -0.1) is 18.3 Å². The van der Waals surface area contributed by atoms with Crippen LogP contribution in [0.4, 0.5) is 0 Å². The van der Waals surface area contributed by atoms with Crippen molar-refractivity contribution in [2.24, 2.45) is 10.9 Å². The van der Waals surface area contributed by atoms with Crippen LogP contribution in [0.25, 0.3) is 0 Å². The molecule has 0 bridgehead atoms. The summed E-state index contributed by atoms with van der Waals surface area (Å²) in [6, 6.07) is 0. The first kappa shape index (κ1) is 13.5. The van der Waals surface area contributed by atoms with Gasteiger partial charge in [-0.3, -0.25) is 4.99 Å². The molecule has 0 aromatic heterocycles. The molecule has 0 saturated heterocycles. The highest BCUT2D eigenvalue weighted by Gasteiger charge is 2.11. The van der Waals surface area contributed by atoms with E-state index in [1.807, 2.05) is 24.7 Å². The Balaban J connectivity index is 4.34. The molecule has 3 heteroatoms. The normalized spacial score (nSPS) is 13.7. The van der Waals surface area contributed by atoms with Crippen molar-refractivity contribution in [2.45, 2.75) is 13.3 Å². The van der Waals surface area contributed by atoms with Crippen LogP contribution in [0.1, 0.15) is 13.3 Å². The van der Waals surface area contributed by atoms with Gasteiger partial charge in [-0.25, -0.2) is 0 Å². The first-order valence-electron chi connectivity index (χ1n) is 4.68. The van der Waals surface area contributed by atoms with Crippen molar-refractivity contribution in [2.75, 3.05) is 19.5 Å². The van der Waals surface area contributed by atoms with E-state index in [4.69, 9.17) is 4.74 Å². The summed E-state index contributed by atoms with van der Waals surface area (Å²) < 4.78 is 5.39. The molecule has 14 heavy (non-hydrogen) atoms. The number of ether oxygens (including phenoxy) is 1. The number of hydrogen-bond donors (Lipinski definition) is 0. The molecule has 0 aromatic rings. The third-order valence-corrected chi connectivity index (χ3v) is 2.29. The van der Waals surface area contributed by atoms with Crippen molar-refractivity contribution >= 4 is 18.5 Å². The van der Waals surface area contributed by atoms with Crippen molar-refractivity contribution in [1.82, 2.24) is 0 Å². The van der Waals surface area contributed by atoms with E-state index < -0.39 is 0 Å². The van der Waals surface area contributed by atoms with Gasteiger partial charge in [0.15, 0.2) is 0 Å². The van der Waals surface area contributed by atoms with Gasteiger partial charge in [-0.05, 0) is 31.7 Å². The highest BCUT2D eigenvalue weighted by atomic mass is 32.2. The second-order valence-corrected chi connectivity index (χ2v) is 3.52. The first-order valence-corrected chi connectivity index (χ1v) is 5.97. The number of thioether (sulfide) groups is 1. The fourth-order valence-corrected chi connectivity index (χ4v) is 1.63. The van der Waals surface area contributed by atoms with Crippen molar-refractivity contribution in [3.8, 4) is 0 Å². The van der Waals surface area contributed by atoms with Crippen LogP contribution < -0.4 is 0 Å². The van der Waals surface area contributed by atoms with Crippen LogP contribution in [0.15, 0.2) is 28.8 Å². The first-order chi connectivity index (χ1) is 6.79. The Kier molecular flexibility index (Phi) is 8.68. The van der Waals surface area contributed by atoms with E-state index in [1.54, 1.807) is 11.8 Å². The molecule has 0 saturated carbocycles. The molecule has 0 radical (unpaired) electrons. The van der Waals surface area contributed by atoms with Crippen LogP contribution >= 0.6 is 11.8 Å². The molecule has 1 atom stereocenters. The smallest absolute Gasteiger partial charge is 0.0552 e. The SMILES string of the molecule is C=CCC(COCC)/C(=C/SC)N=C. The molecular formula is C11H19NOS. The van der Waals surface area contributed by atoms with Crippen molar-refractivity contribution < 1.29 is 4.74 Å². The summed E-state index contributed by atoms with van der Waals surface area (Å²) in [5, 5.41) is 2.01. The Morgan fingerprint density at radius 2 is 2.36 bits per heavy atom. The highest BCUT2D eigenvalue weighted by Crippen LogP contribution is 2.19. The van der Waals surface area contributed by atoms with Crippen LogP contribution in [0.3, 0.4) is 0 Å². The molecule has 0 N–H and O–H groups in total. The molecule has 0 aliphatic rings. The second kappa shape index (κ2) is 9.03. The summed E-state index contributed by atoms with van der Waals surface area (Å²) in [7, 11) is 0. The van der Waals surface area contributed by atoms with Gasteiger partial charge in [0.25, 0.3) is 0 Å². The van der Waals surface area contributed by atoms with Crippen LogP contribution in [-0.4, -0.2) is 26.2 Å². The van der Waals surface area contributed by atoms with E-state index in [1.165, 1.54) is 0 Å². The van der Waals surface area contributed by atoms with E-state index in [9.17, 15) is 0 Å². The van der Waals surface area contributed by atoms with Gasteiger partial charge in [0.05, 0.1) is 12.3 Å². The molecule has 0 amide bonds. The van der Waals surface area contributed by atoms with Gasteiger partial charge in [0, 0.05) is 12.5 Å². The minimum Gasteiger partial charge on any atom is -0.381 e. The maximum absolute atomic E-state index is 5.39. The van der Waals surface area contributed by atoms with Crippen molar-refractivity contribution in [3.63, 3.8) is 0 Å². The van der Waals surface area contributed by atoms with E-state index in [-0.39, 0.29) is 5.92 Å². The Labute approximate surface area is 91.1 Å². The lowest BCUT2D eigenvalue weighted by molar-refractivity contribution is 0.122. The quantitative estimate of drug-likeness (QED) is 0.456. The van der Waals surface area contributed by atoms with Gasteiger partial charge in [-0.2, -0.15) is 0 Å². The average Bonchev–Trinajstić information content (AvgIpc) is 2.21. The molecule has 0 fully saturated rings. The number of allylic oxidation sites excluding steroid dienone is 1. The maximum Gasteiger partial charge on any atom is 0.0552 e. The van der Waals surface area contributed by atoms with Gasteiger partial charge in [-0.1, -0.05) is 6.08 Å². The van der Waals surface area contributed by atoms with E-state index >= 15 is 0 Å². The lowest BCUT2D eigenvalue weighted by atomic mass is 10.0. The number of rotatable bonds is 8. The minimum absolute atomic E-state index is 0.289. The van der Waals surface area contributed by atoms with Crippen molar-refractivity contribution in [3.05, 3.63) is 23.8 Å². The number of hydrogen-bond acceptors (Lipinski definition) is 3. The minimum atomic E-state index is 0.289. The summed E-state index contributed by atoms with van der Waals surface area (Å²) in [4.78, 5) is 4.01. The largest absolute Gasteiger partial charge is 0.381 e. The summed E-state index contributed by atoms with van der Waals surface area (Å²) in [5.41, 5.74) is 0.992. The maximum atomic E-state index is 5.39. The second-order valence-electron chi connectivity index (χ2n) is 2.82. The Morgan fingerprint density at radius 3 is 2.79 bits per heavy atom. The third kappa shape index (κ3) is 5.25. The van der Waals surface area contributed by atoms with Crippen LogP contribution in [0.5, 0.6) is 0 Å².